The van der Waals surface area contributed by atoms with E-state index in [2.05, 4.69) is 26.9 Å². The van der Waals surface area contributed by atoms with Gasteiger partial charge in [-0.15, -0.1) is 6.42 Å². The molecular formula is C26H30N4O4. The largest absolute Gasteiger partial charge is 0.496 e. The molecular weight excluding hydrogens is 432 g/mol. The van der Waals surface area contributed by atoms with E-state index in [0.717, 1.165) is 23.7 Å². The van der Waals surface area contributed by atoms with Gasteiger partial charge in [-0.05, 0) is 68.1 Å². The molecule has 1 aliphatic heterocycles. The number of aromatic nitrogens is 1. The molecule has 4 N–H and O–H groups in total. The van der Waals surface area contributed by atoms with Crippen LogP contribution in [-0.4, -0.2) is 48.4 Å². The van der Waals surface area contributed by atoms with Crippen LogP contribution in [0.5, 0.6) is 5.75 Å². The molecule has 5 rings (SSSR count). The number of terminal acetylenes is 1. The van der Waals surface area contributed by atoms with Crippen molar-refractivity contribution in [2.75, 3.05) is 13.7 Å². The van der Waals surface area contributed by atoms with Crippen LogP contribution in [0.3, 0.4) is 0 Å². The summed E-state index contributed by atoms with van der Waals surface area (Å²) in [5.41, 5.74) is 1.16. The predicted octanol–water partition coefficient (Wildman–Crippen LogP) is 1.97. The lowest BCUT2D eigenvalue weighted by Gasteiger charge is -2.27. The molecule has 2 heterocycles. The Morgan fingerprint density at radius 2 is 2.03 bits per heavy atom. The van der Waals surface area contributed by atoms with Gasteiger partial charge in [0.15, 0.2) is 0 Å². The standard InChI is InChI=1S/C26H30N4O4/c1-3-18(12-14-7-8-27-24(14)31)28-26(33)23(17-10-15-9-16(15)11-17)30-25(32)21-13-19-20(29-21)5-4-6-22(19)34-2/h1,4-6,13-18,23,29H,7-12H2,2H3,(H,27,31)(H,28,33)(H,30,32)/t14-,15?,16?,17?,18+,23-/m0/s1. The van der Waals surface area contributed by atoms with Crippen LogP contribution in [-0.2, 0) is 9.59 Å². The monoisotopic (exact) mass is 462 g/mol. The maximum Gasteiger partial charge on any atom is 0.268 e. The lowest BCUT2D eigenvalue weighted by molar-refractivity contribution is -0.126. The fourth-order valence-electron chi connectivity index (χ4n) is 5.66. The van der Waals surface area contributed by atoms with Gasteiger partial charge in [0, 0.05) is 23.4 Å². The Kier molecular flexibility index (Phi) is 5.94. The normalized spacial score (nSPS) is 26.8. The van der Waals surface area contributed by atoms with Crippen molar-refractivity contribution in [1.29, 1.82) is 0 Å². The maximum absolute atomic E-state index is 13.4. The van der Waals surface area contributed by atoms with E-state index in [0.29, 0.717) is 42.7 Å². The van der Waals surface area contributed by atoms with Crippen molar-refractivity contribution in [1.82, 2.24) is 20.9 Å². The van der Waals surface area contributed by atoms with Crippen LogP contribution < -0.4 is 20.7 Å². The summed E-state index contributed by atoms with van der Waals surface area (Å²) < 4.78 is 5.39. The number of aromatic amines is 1. The van der Waals surface area contributed by atoms with E-state index in [1.54, 1.807) is 13.2 Å². The molecule has 2 saturated carbocycles. The van der Waals surface area contributed by atoms with Crippen molar-refractivity contribution in [3.05, 3.63) is 30.0 Å². The van der Waals surface area contributed by atoms with Crippen LogP contribution in [0.4, 0.5) is 0 Å². The molecule has 34 heavy (non-hydrogen) atoms. The van der Waals surface area contributed by atoms with Crippen molar-refractivity contribution in [3.63, 3.8) is 0 Å². The maximum atomic E-state index is 13.4. The summed E-state index contributed by atoms with van der Waals surface area (Å²) in [6.45, 7) is 0.632. The molecule has 1 aromatic heterocycles. The van der Waals surface area contributed by atoms with Crippen molar-refractivity contribution < 1.29 is 19.1 Å². The average molecular weight is 463 g/mol. The number of amides is 3. The van der Waals surface area contributed by atoms with Gasteiger partial charge in [-0.25, -0.2) is 0 Å². The summed E-state index contributed by atoms with van der Waals surface area (Å²) in [6.07, 6.45) is 9.86. The Bertz CT molecular complexity index is 1160. The highest BCUT2D eigenvalue weighted by molar-refractivity contribution is 6.01. The fraction of sp³-hybridized carbons (Fsp3) is 0.500. The van der Waals surface area contributed by atoms with E-state index in [-0.39, 0.29) is 29.6 Å². The van der Waals surface area contributed by atoms with E-state index in [9.17, 15) is 14.4 Å². The summed E-state index contributed by atoms with van der Waals surface area (Å²) in [7, 11) is 1.59. The van der Waals surface area contributed by atoms with Gasteiger partial charge < -0.3 is 25.7 Å². The molecule has 5 atom stereocenters. The van der Waals surface area contributed by atoms with Gasteiger partial charge in [0.25, 0.3) is 5.91 Å². The first-order chi connectivity index (χ1) is 16.5. The van der Waals surface area contributed by atoms with Crippen molar-refractivity contribution in [3.8, 4) is 18.1 Å². The van der Waals surface area contributed by atoms with Gasteiger partial charge in [-0.2, -0.15) is 0 Å². The number of ether oxygens (including phenoxy) is 1. The number of fused-ring (bicyclic) bond motifs is 2. The molecule has 8 nitrogen and oxygen atoms in total. The molecule has 3 fully saturated rings. The van der Waals surface area contributed by atoms with Crippen molar-refractivity contribution in [2.24, 2.45) is 23.7 Å². The zero-order valence-electron chi connectivity index (χ0n) is 19.2. The third kappa shape index (κ3) is 4.35. The molecule has 2 aliphatic carbocycles. The van der Waals surface area contributed by atoms with E-state index >= 15 is 0 Å². The molecule has 8 heteroatoms. The van der Waals surface area contributed by atoms with Crippen LogP contribution >= 0.6 is 0 Å². The lowest BCUT2D eigenvalue weighted by atomic mass is 9.92. The second kappa shape index (κ2) is 9.05. The summed E-state index contributed by atoms with van der Waals surface area (Å²) in [4.78, 5) is 41.6. The number of nitrogens with one attached hydrogen (secondary N) is 4. The summed E-state index contributed by atoms with van der Waals surface area (Å²) >= 11 is 0. The fourth-order valence-corrected chi connectivity index (χ4v) is 5.66. The number of hydrogen-bond donors (Lipinski definition) is 4. The molecule has 1 saturated heterocycles. The first-order valence-electron chi connectivity index (χ1n) is 12.0. The minimum atomic E-state index is -0.679. The van der Waals surface area contributed by atoms with Gasteiger partial charge in [0.05, 0.1) is 13.2 Å². The third-order valence-corrected chi connectivity index (χ3v) is 7.61. The van der Waals surface area contributed by atoms with Crippen molar-refractivity contribution in [2.45, 2.75) is 44.2 Å². The second-order valence-corrected chi connectivity index (χ2v) is 9.78. The Balaban J connectivity index is 1.31. The minimum Gasteiger partial charge on any atom is -0.496 e. The Morgan fingerprint density at radius 1 is 1.24 bits per heavy atom. The number of benzene rings is 1. The van der Waals surface area contributed by atoms with E-state index in [1.807, 2.05) is 18.2 Å². The highest BCUT2D eigenvalue weighted by Gasteiger charge is 2.49. The smallest absolute Gasteiger partial charge is 0.268 e. The van der Waals surface area contributed by atoms with Gasteiger partial charge in [0.2, 0.25) is 11.8 Å². The van der Waals surface area contributed by atoms with Gasteiger partial charge in [0.1, 0.15) is 17.5 Å². The molecule has 0 radical (unpaired) electrons. The molecule has 178 valence electrons. The molecule has 2 aromatic rings. The molecule has 1 aromatic carbocycles. The molecule has 2 unspecified atom stereocenters. The SMILES string of the molecule is C#C[C@H](C[C@@H]1CCNC1=O)NC(=O)[C@@H](NC(=O)c1cc2c(OC)cccc2[nH]1)C1CC2CC2C1. The van der Waals surface area contributed by atoms with Gasteiger partial charge in [-0.1, -0.05) is 12.0 Å². The van der Waals surface area contributed by atoms with Crippen LogP contribution in [0.1, 0.15) is 42.6 Å². The first kappa shape index (κ1) is 22.3. The van der Waals surface area contributed by atoms with E-state index < -0.39 is 12.1 Å². The summed E-state index contributed by atoms with van der Waals surface area (Å²) in [5, 5.41) is 9.51. The predicted molar refractivity (Wildman–Crippen MR) is 127 cm³/mol. The molecule has 3 aliphatic rings. The van der Waals surface area contributed by atoms with Crippen LogP contribution in [0.25, 0.3) is 10.9 Å². The van der Waals surface area contributed by atoms with Crippen LogP contribution in [0.2, 0.25) is 0 Å². The number of carbonyl (C=O) groups is 3. The Morgan fingerprint density at radius 3 is 2.71 bits per heavy atom. The van der Waals surface area contributed by atoms with Crippen molar-refractivity contribution >= 4 is 28.6 Å². The Labute approximate surface area is 198 Å². The zero-order chi connectivity index (χ0) is 23.8. The quantitative estimate of drug-likeness (QED) is 0.449. The number of carbonyl (C=O) groups excluding carboxylic acids is 3. The number of methoxy groups -OCH3 is 1. The number of H-pyrrole nitrogens is 1. The average Bonchev–Trinajstić information content (AvgIpc) is 3.18. The molecule has 0 bridgehead atoms. The van der Waals surface area contributed by atoms with Gasteiger partial charge >= 0.3 is 0 Å². The topological polar surface area (TPSA) is 112 Å². The molecule has 0 spiro atoms. The molecule has 3 amide bonds. The van der Waals surface area contributed by atoms with Crippen LogP contribution in [0, 0.1) is 36.0 Å². The van der Waals surface area contributed by atoms with E-state index in [1.165, 1.54) is 6.42 Å². The minimum absolute atomic E-state index is 0.0236. The van der Waals surface area contributed by atoms with Crippen LogP contribution in [0.15, 0.2) is 24.3 Å². The highest BCUT2D eigenvalue weighted by atomic mass is 16.5. The summed E-state index contributed by atoms with van der Waals surface area (Å²) in [6, 6.07) is 6.07. The van der Waals surface area contributed by atoms with E-state index in [4.69, 9.17) is 11.2 Å². The zero-order valence-corrected chi connectivity index (χ0v) is 19.2. The first-order valence-corrected chi connectivity index (χ1v) is 12.0. The number of rotatable bonds is 8. The Hall–Kier alpha value is -3.47. The lowest BCUT2D eigenvalue weighted by Crippen LogP contribution is -2.53. The number of hydrogen-bond acceptors (Lipinski definition) is 4. The third-order valence-electron chi connectivity index (χ3n) is 7.61. The summed E-state index contributed by atoms with van der Waals surface area (Å²) in [5.74, 6) is 3.81. The second-order valence-electron chi connectivity index (χ2n) is 9.78. The highest BCUT2D eigenvalue weighted by Crippen LogP contribution is 2.55. The van der Waals surface area contributed by atoms with Gasteiger partial charge in [-0.3, -0.25) is 14.4 Å².